The van der Waals surface area contributed by atoms with Gasteiger partial charge in [0.1, 0.15) is 0 Å². The van der Waals surface area contributed by atoms with Gasteiger partial charge in [-0.1, -0.05) is 0 Å². The molecule has 0 spiro atoms. The van der Waals surface area contributed by atoms with Gasteiger partial charge in [-0.15, -0.1) is 0 Å². The molecular formula is C14H37O6Si5. The lowest BCUT2D eigenvalue weighted by Crippen LogP contribution is -2.58. The van der Waals surface area contributed by atoms with E-state index in [2.05, 4.69) is 32.7 Å². The number of rotatable bonds is 11. The van der Waals surface area contributed by atoms with Crippen molar-refractivity contribution in [3.05, 3.63) is 0 Å². The zero-order chi connectivity index (χ0) is 20.3. The van der Waals surface area contributed by atoms with E-state index in [1.165, 1.54) is 0 Å². The number of carbonyl (C=O) groups excluding carboxylic acids is 1. The lowest BCUT2D eigenvalue weighted by atomic mass is 10.5. The Morgan fingerprint density at radius 3 is 1.36 bits per heavy atom. The highest BCUT2D eigenvalue weighted by molar-refractivity contribution is 6.90. The molecule has 0 amide bonds. The zero-order valence-electron chi connectivity index (χ0n) is 17.9. The van der Waals surface area contributed by atoms with E-state index in [0.29, 0.717) is 6.04 Å². The first-order chi connectivity index (χ1) is 10.7. The van der Waals surface area contributed by atoms with Gasteiger partial charge in [0.2, 0.25) is 0 Å². The molecule has 0 bridgehead atoms. The summed E-state index contributed by atoms with van der Waals surface area (Å²) in [5.74, 6) is -1.03. The van der Waals surface area contributed by atoms with Crippen LogP contribution >= 0.6 is 0 Å². The predicted molar refractivity (Wildman–Crippen MR) is 113 cm³/mol. The highest BCUT2D eigenvalue weighted by atomic mass is 28.5. The number of carbonyl (C=O) groups is 1. The summed E-state index contributed by atoms with van der Waals surface area (Å²) in [5.41, 5.74) is 0. The largest absolute Gasteiger partial charge is 0.437 e. The SMILES string of the molecule is C[Si](C)(C)O[Si](C)(C)O[Si](C)(C)O[Si](C)(C)O[Si](C)(C)CCC([O])=O. The molecule has 1 radical (unpaired) electrons. The van der Waals surface area contributed by atoms with Crippen LogP contribution < -0.4 is 0 Å². The first-order valence-corrected chi connectivity index (χ1v) is 23.7. The summed E-state index contributed by atoms with van der Waals surface area (Å²) in [5, 5.41) is 10.7. The summed E-state index contributed by atoms with van der Waals surface area (Å²) < 4.78 is 25.4. The Labute approximate surface area is 159 Å². The molecule has 0 rings (SSSR count). The van der Waals surface area contributed by atoms with Crippen LogP contribution in [-0.2, 0) is 26.4 Å². The fraction of sp³-hybridized carbons (Fsp3) is 0.929. The molecule has 0 aliphatic carbocycles. The highest BCUT2D eigenvalue weighted by Gasteiger charge is 2.45. The summed E-state index contributed by atoms with van der Waals surface area (Å²) in [6, 6.07) is 0.525. The minimum Gasteiger partial charge on any atom is -0.437 e. The van der Waals surface area contributed by atoms with Gasteiger partial charge in [0.15, 0.2) is 16.6 Å². The molecule has 0 N–H and O–H groups in total. The number of hydrogen-bond donors (Lipinski definition) is 0. The third-order valence-electron chi connectivity index (χ3n) is 2.99. The Morgan fingerprint density at radius 1 is 0.640 bits per heavy atom. The van der Waals surface area contributed by atoms with E-state index in [4.69, 9.17) is 16.5 Å². The van der Waals surface area contributed by atoms with Gasteiger partial charge in [0.25, 0.3) is 0 Å². The van der Waals surface area contributed by atoms with E-state index in [-0.39, 0.29) is 6.42 Å². The topological polar surface area (TPSA) is 73.9 Å². The minimum atomic E-state index is -2.44. The Bertz CT molecular complexity index is 459. The predicted octanol–water partition coefficient (Wildman–Crippen LogP) is 4.55. The second-order valence-electron chi connectivity index (χ2n) is 9.35. The van der Waals surface area contributed by atoms with Crippen LogP contribution in [0.1, 0.15) is 6.42 Å². The fourth-order valence-electron chi connectivity index (χ4n) is 3.10. The van der Waals surface area contributed by atoms with E-state index in [0.717, 1.165) is 0 Å². The third-order valence-corrected chi connectivity index (χ3v) is 20.9. The maximum atomic E-state index is 10.7. The van der Waals surface area contributed by atoms with Gasteiger partial charge >= 0.3 is 31.7 Å². The Kier molecular flexibility index (Phi) is 8.74. The molecule has 0 unspecified atom stereocenters. The molecule has 0 atom stereocenters. The summed E-state index contributed by atoms with van der Waals surface area (Å²) in [4.78, 5) is 10.7. The van der Waals surface area contributed by atoms with E-state index < -0.39 is 48.3 Å². The number of hydrogen-bond acceptors (Lipinski definition) is 5. The first-order valence-electron chi connectivity index (χ1n) is 8.75. The fourth-order valence-corrected chi connectivity index (χ4v) is 26.6. The molecule has 25 heavy (non-hydrogen) atoms. The van der Waals surface area contributed by atoms with E-state index >= 15 is 0 Å². The van der Waals surface area contributed by atoms with Crippen molar-refractivity contribution < 1.29 is 26.4 Å². The molecule has 6 nitrogen and oxygen atoms in total. The zero-order valence-corrected chi connectivity index (χ0v) is 22.9. The van der Waals surface area contributed by atoms with Crippen molar-refractivity contribution in [2.45, 2.75) is 84.5 Å². The molecule has 149 valence electrons. The highest BCUT2D eigenvalue weighted by Crippen LogP contribution is 2.27. The molecule has 0 saturated heterocycles. The molecule has 0 heterocycles. The Morgan fingerprint density at radius 2 is 1.00 bits per heavy atom. The molecule has 11 heteroatoms. The van der Waals surface area contributed by atoms with Gasteiger partial charge in [0.05, 0.1) is 0 Å². The standard InChI is InChI=1S/C14H37O6Si5/c1-21(2,3)17-23(6,7)19-25(10,11)20-24(8,9)18-22(4,5)13-12-14(15)16/h12-13H2,1-11H3. The lowest BCUT2D eigenvalue weighted by Gasteiger charge is -2.41. The molecule has 0 fully saturated rings. The second kappa shape index (κ2) is 8.60. The summed E-state index contributed by atoms with van der Waals surface area (Å²) >= 11 is 0. The molecule has 0 aliphatic heterocycles. The maximum Gasteiger partial charge on any atom is 0.355 e. The van der Waals surface area contributed by atoms with E-state index in [1.54, 1.807) is 0 Å². The van der Waals surface area contributed by atoms with Crippen LogP contribution in [0.15, 0.2) is 0 Å². The average Bonchev–Trinajstić information content (AvgIpc) is 2.16. The smallest absolute Gasteiger partial charge is 0.355 e. The molecule has 0 saturated carbocycles. The van der Waals surface area contributed by atoms with Gasteiger partial charge in [-0.25, -0.2) is 9.90 Å². The third kappa shape index (κ3) is 13.2. The Balaban J connectivity index is 4.92. The second-order valence-corrected chi connectivity index (χ2v) is 29.3. The van der Waals surface area contributed by atoms with Crippen LogP contribution in [0, 0.1) is 0 Å². The molecule has 0 aromatic heterocycles. The van der Waals surface area contributed by atoms with Crippen LogP contribution in [0.25, 0.3) is 0 Å². The van der Waals surface area contributed by atoms with Crippen molar-refractivity contribution in [3.8, 4) is 0 Å². The van der Waals surface area contributed by atoms with E-state index in [1.807, 2.05) is 39.3 Å². The molecular weight excluding hydrogens is 405 g/mol. The van der Waals surface area contributed by atoms with Gasteiger partial charge in [-0.2, -0.15) is 0 Å². The van der Waals surface area contributed by atoms with Crippen molar-refractivity contribution in [1.29, 1.82) is 0 Å². The maximum absolute atomic E-state index is 10.7. The molecule has 0 aliphatic rings. The van der Waals surface area contributed by atoms with E-state index in [9.17, 15) is 9.90 Å². The van der Waals surface area contributed by atoms with Crippen molar-refractivity contribution in [2.75, 3.05) is 0 Å². The minimum absolute atomic E-state index is 0.0328. The first kappa shape index (κ1) is 25.4. The van der Waals surface area contributed by atoms with Gasteiger partial charge in [0, 0.05) is 6.42 Å². The van der Waals surface area contributed by atoms with Crippen LogP contribution in [0.4, 0.5) is 0 Å². The van der Waals surface area contributed by atoms with Crippen molar-refractivity contribution in [3.63, 3.8) is 0 Å². The van der Waals surface area contributed by atoms with Gasteiger partial charge < -0.3 is 16.5 Å². The lowest BCUT2D eigenvalue weighted by molar-refractivity contribution is -0.142. The monoisotopic (exact) mass is 441 g/mol. The van der Waals surface area contributed by atoms with Crippen LogP contribution in [0.5, 0.6) is 0 Å². The van der Waals surface area contributed by atoms with Crippen LogP contribution in [-0.4, -0.2) is 48.3 Å². The van der Waals surface area contributed by atoms with Crippen LogP contribution in [0.2, 0.25) is 78.1 Å². The average molecular weight is 442 g/mol. The quantitative estimate of drug-likeness (QED) is 0.440. The van der Waals surface area contributed by atoms with Gasteiger partial charge in [-0.3, -0.25) is 0 Å². The summed E-state index contributed by atoms with van der Waals surface area (Å²) in [6.07, 6.45) is 0.0328. The summed E-state index contributed by atoms with van der Waals surface area (Å²) in [6.45, 7) is 22.7. The molecule has 0 aromatic rings. The summed E-state index contributed by atoms with van der Waals surface area (Å²) in [7, 11) is -11.0. The van der Waals surface area contributed by atoms with Crippen molar-refractivity contribution in [2.24, 2.45) is 0 Å². The normalized spacial score (nSPS) is 14.7. The van der Waals surface area contributed by atoms with Crippen molar-refractivity contribution in [1.82, 2.24) is 0 Å². The van der Waals surface area contributed by atoms with Crippen molar-refractivity contribution >= 4 is 48.3 Å². The van der Waals surface area contributed by atoms with Gasteiger partial charge in [-0.05, 0) is 78.1 Å². The molecule has 0 aromatic carbocycles. The van der Waals surface area contributed by atoms with Crippen LogP contribution in [0.3, 0.4) is 0 Å². The Hall–Kier alpha value is 0.394.